The Bertz CT molecular complexity index is 104. The summed E-state index contributed by atoms with van der Waals surface area (Å²) in [7, 11) is 2.08. The van der Waals surface area contributed by atoms with E-state index in [4.69, 9.17) is 0 Å². The summed E-state index contributed by atoms with van der Waals surface area (Å²) in [5.74, 6) is 0.962. The zero-order chi connectivity index (χ0) is 8.81. The van der Waals surface area contributed by atoms with Crippen molar-refractivity contribution >= 4 is 0 Å². The van der Waals surface area contributed by atoms with Crippen molar-refractivity contribution in [3.63, 3.8) is 0 Å². The van der Waals surface area contributed by atoms with Crippen molar-refractivity contribution in [2.45, 2.75) is 38.6 Å². The van der Waals surface area contributed by atoms with E-state index < -0.39 is 0 Å². The van der Waals surface area contributed by atoms with E-state index in [-0.39, 0.29) is 0 Å². The number of hydrogen-bond acceptors (Lipinski definition) is 2. The fourth-order valence-corrected chi connectivity index (χ4v) is 2.01. The van der Waals surface area contributed by atoms with Crippen LogP contribution in [0.2, 0.25) is 0 Å². The van der Waals surface area contributed by atoms with Crippen molar-refractivity contribution in [2.24, 2.45) is 5.92 Å². The van der Waals surface area contributed by atoms with Crippen LogP contribution in [0, 0.1) is 5.92 Å². The summed E-state index contributed by atoms with van der Waals surface area (Å²) < 4.78 is 0. The Kier molecular flexibility index (Phi) is 4.62. The molecule has 1 unspecified atom stereocenters. The SMILES string of the molecule is CCC(CC1CCNCC1)NC. The molecule has 2 N–H and O–H groups in total. The van der Waals surface area contributed by atoms with E-state index in [1.165, 1.54) is 38.8 Å². The maximum atomic E-state index is 3.40. The Morgan fingerprint density at radius 1 is 1.42 bits per heavy atom. The molecule has 0 bridgehead atoms. The molecule has 0 radical (unpaired) electrons. The molecule has 1 saturated heterocycles. The van der Waals surface area contributed by atoms with Crippen molar-refractivity contribution in [2.75, 3.05) is 20.1 Å². The molecule has 0 spiro atoms. The zero-order valence-electron chi connectivity index (χ0n) is 8.40. The van der Waals surface area contributed by atoms with Gasteiger partial charge in [-0.25, -0.2) is 0 Å². The van der Waals surface area contributed by atoms with Crippen molar-refractivity contribution in [1.82, 2.24) is 10.6 Å². The first-order valence-corrected chi connectivity index (χ1v) is 5.24. The summed E-state index contributed by atoms with van der Waals surface area (Å²) in [6.07, 6.45) is 5.38. The minimum Gasteiger partial charge on any atom is -0.317 e. The normalized spacial score (nSPS) is 22.5. The van der Waals surface area contributed by atoms with E-state index in [1.54, 1.807) is 0 Å². The van der Waals surface area contributed by atoms with Crippen LogP contribution >= 0.6 is 0 Å². The molecular formula is C10H22N2. The highest BCUT2D eigenvalue weighted by Crippen LogP contribution is 2.18. The third-order valence-corrected chi connectivity index (χ3v) is 2.98. The summed E-state index contributed by atoms with van der Waals surface area (Å²) in [4.78, 5) is 0. The third-order valence-electron chi connectivity index (χ3n) is 2.98. The molecular weight excluding hydrogens is 148 g/mol. The van der Waals surface area contributed by atoms with Gasteiger partial charge >= 0.3 is 0 Å². The van der Waals surface area contributed by atoms with Gasteiger partial charge in [-0.05, 0) is 51.7 Å². The summed E-state index contributed by atoms with van der Waals surface area (Å²) in [5.41, 5.74) is 0. The van der Waals surface area contributed by atoms with Crippen LogP contribution in [0.3, 0.4) is 0 Å². The molecule has 72 valence electrons. The molecule has 0 aromatic rings. The Hall–Kier alpha value is -0.0800. The standard InChI is InChI=1S/C10H22N2/c1-3-10(11-2)8-9-4-6-12-7-5-9/h9-12H,3-8H2,1-2H3. The predicted molar refractivity (Wildman–Crippen MR) is 53.3 cm³/mol. The van der Waals surface area contributed by atoms with Crippen LogP contribution in [0.25, 0.3) is 0 Å². The van der Waals surface area contributed by atoms with Gasteiger partial charge in [-0.1, -0.05) is 6.92 Å². The maximum absolute atomic E-state index is 3.40. The molecule has 0 saturated carbocycles. The Morgan fingerprint density at radius 2 is 2.08 bits per heavy atom. The van der Waals surface area contributed by atoms with Gasteiger partial charge in [0.25, 0.3) is 0 Å². The van der Waals surface area contributed by atoms with Gasteiger partial charge < -0.3 is 10.6 Å². The number of nitrogens with one attached hydrogen (secondary N) is 2. The minimum atomic E-state index is 0.744. The van der Waals surface area contributed by atoms with Crippen LogP contribution in [0.15, 0.2) is 0 Å². The zero-order valence-corrected chi connectivity index (χ0v) is 8.40. The third kappa shape index (κ3) is 3.11. The molecule has 0 aliphatic carbocycles. The highest BCUT2D eigenvalue weighted by molar-refractivity contribution is 4.74. The Morgan fingerprint density at radius 3 is 2.58 bits per heavy atom. The molecule has 1 aliphatic rings. The van der Waals surface area contributed by atoms with E-state index in [1.807, 2.05) is 0 Å². The van der Waals surface area contributed by atoms with Crippen LogP contribution in [0.4, 0.5) is 0 Å². The fraction of sp³-hybridized carbons (Fsp3) is 1.00. The minimum absolute atomic E-state index is 0.744. The predicted octanol–water partition coefficient (Wildman–Crippen LogP) is 1.37. The van der Waals surface area contributed by atoms with Gasteiger partial charge in [-0.2, -0.15) is 0 Å². The van der Waals surface area contributed by atoms with Crippen LogP contribution < -0.4 is 10.6 Å². The van der Waals surface area contributed by atoms with Gasteiger partial charge in [-0.15, -0.1) is 0 Å². The van der Waals surface area contributed by atoms with Gasteiger partial charge in [0, 0.05) is 6.04 Å². The van der Waals surface area contributed by atoms with E-state index in [0.717, 1.165) is 12.0 Å². The first-order chi connectivity index (χ1) is 5.86. The van der Waals surface area contributed by atoms with Crippen molar-refractivity contribution in [1.29, 1.82) is 0 Å². The fourth-order valence-electron chi connectivity index (χ4n) is 2.01. The molecule has 1 fully saturated rings. The summed E-state index contributed by atoms with van der Waals surface area (Å²) in [6.45, 7) is 4.72. The smallest absolute Gasteiger partial charge is 0.00640 e. The van der Waals surface area contributed by atoms with Crippen molar-refractivity contribution < 1.29 is 0 Å². The topological polar surface area (TPSA) is 24.1 Å². The molecule has 1 heterocycles. The second-order valence-corrected chi connectivity index (χ2v) is 3.82. The van der Waals surface area contributed by atoms with Crippen LogP contribution in [-0.4, -0.2) is 26.2 Å². The summed E-state index contributed by atoms with van der Waals surface area (Å²) in [5, 5.41) is 6.78. The van der Waals surface area contributed by atoms with Gasteiger partial charge in [0.15, 0.2) is 0 Å². The largest absolute Gasteiger partial charge is 0.317 e. The molecule has 2 heteroatoms. The quantitative estimate of drug-likeness (QED) is 0.666. The number of hydrogen-bond donors (Lipinski definition) is 2. The lowest BCUT2D eigenvalue weighted by molar-refractivity contribution is 0.312. The average Bonchev–Trinajstić information content (AvgIpc) is 2.16. The van der Waals surface area contributed by atoms with E-state index in [2.05, 4.69) is 24.6 Å². The lowest BCUT2D eigenvalue weighted by Gasteiger charge is -2.26. The highest BCUT2D eigenvalue weighted by Gasteiger charge is 2.16. The molecule has 1 aliphatic heterocycles. The Labute approximate surface area is 76.1 Å². The van der Waals surface area contributed by atoms with Crippen LogP contribution in [-0.2, 0) is 0 Å². The molecule has 1 rings (SSSR count). The second kappa shape index (κ2) is 5.55. The molecule has 0 amide bonds. The van der Waals surface area contributed by atoms with Crippen LogP contribution in [0.5, 0.6) is 0 Å². The molecule has 0 aromatic carbocycles. The number of rotatable bonds is 4. The van der Waals surface area contributed by atoms with Gasteiger partial charge in [0.1, 0.15) is 0 Å². The summed E-state index contributed by atoms with van der Waals surface area (Å²) >= 11 is 0. The van der Waals surface area contributed by atoms with Gasteiger partial charge in [0.2, 0.25) is 0 Å². The summed E-state index contributed by atoms with van der Waals surface area (Å²) in [6, 6.07) is 0.744. The Balaban J connectivity index is 2.18. The van der Waals surface area contributed by atoms with Gasteiger partial charge in [-0.3, -0.25) is 0 Å². The molecule has 12 heavy (non-hydrogen) atoms. The van der Waals surface area contributed by atoms with Crippen molar-refractivity contribution in [3.8, 4) is 0 Å². The average molecular weight is 170 g/mol. The lowest BCUT2D eigenvalue weighted by atomic mass is 9.90. The van der Waals surface area contributed by atoms with E-state index >= 15 is 0 Å². The van der Waals surface area contributed by atoms with Crippen LogP contribution in [0.1, 0.15) is 32.6 Å². The molecule has 1 atom stereocenters. The maximum Gasteiger partial charge on any atom is 0.00640 e. The molecule has 2 nitrogen and oxygen atoms in total. The number of piperidine rings is 1. The van der Waals surface area contributed by atoms with E-state index in [9.17, 15) is 0 Å². The molecule has 0 aromatic heterocycles. The first-order valence-electron chi connectivity index (χ1n) is 5.24. The van der Waals surface area contributed by atoms with Crippen molar-refractivity contribution in [3.05, 3.63) is 0 Å². The second-order valence-electron chi connectivity index (χ2n) is 3.82. The van der Waals surface area contributed by atoms with E-state index in [0.29, 0.717) is 0 Å². The monoisotopic (exact) mass is 170 g/mol. The first kappa shape index (κ1) is 10.0. The lowest BCUT2D eigenvalue weighted by Crippen LogP contribution is -2.33. The highest BCUT2D eigenvalue weighted by atomic mass is 14.9. The van der Waals surface area contributed by atoms with Gasteiger partial charge in [0.05, 0.1) is 0 Å².